The van der Waals surface area contributed by atoms with Crippen LogP contribution in [0.5, 0.6) is 0 Å². The van der Waals surface area contributed by atoms with Gasteiger partial charge < -0.3 is 10.6 Å². The fourth-order valence-electron chi connectivity index (χ4n) is 2.02. The molecule has 4 heteroatoms. The topological polar surface area (TPSA) is 29.3 Å². The normalized spacial score (nSPS) is 11.0. The molecule has 0 unspecified atom stereocenters. The second kappa shape index (κ2) is 5.97. The summed E-state index contributed by atoms with van der Waals surface area (Å²) < 4.78 is 1.06. The molecule has 2 aromatic rings. The first-order chi connectivity index (χ1) is 8.99. The zero-order valence-corrected chi connectivity index (χ0v) is 13.9. The number of rotatable bonds is 4. The van der Waals surface area contributed by atoms with Crippen molar-refractivity contribution < 1.29 is 0 Å². The molecular formula is C15H19BrN2S. The molecule has 0 saturated carbocycles. The molecule has 1 aromatic carbocycles. The standard InChI is InChI=1S/C15H19BrN2S/c1-10(2)18(9-12-5-4-6-19-12)15-7-11(3)14(17)8-13(15)16/h4-8,10H,9,17H2,1-3H3. The third-order valence-electron chi connectivity index (χ3n) is 3.17. The molecule has 1 aromatic heterocycles. The van der Waals surface area contributed by atoms with Gasteiger partial charge in [0.05, 0.1) is 12.2 Å². The van der Waals surface area contributed by atoms with Crippen LogP contribution in [0, 0.1) is 6.92 Å². The summed E-state index contributed by atoms with van der Waals surface area (Å²) in [6.07, 6.45) is 0. The number of halogens is 1. The van der Waals surface area contributed by atoms with Crippen molar-refractivity contribution in [2.45, 2.75) is 33.4 Å². The molecule has 2 N–H and O–H groups in total. The van der Waals surface area contributed by atoms with Crippen LogP contribution in [0.15, 0.2) is 34.1 Å². The van der Waals surface area contributed by atoms with Crippen LogP contribution in [0.3, 0.4) is 0 Å². The average molecular weight is 339 g/mol. The van der Waals surface area contributed by atoms with Crippen molar-refractivity contribution in [2.75, 3.05) is 10.6 Å². The average Bonchev–Trinajstić information content (AvgIpc) is 2.84. The van der Waals surface area contributed by atoms with E-state index in [1.165, 1.54) is 10.6 Å². The smallest absolute Gasteiger partial charge is 0.0526 e. The molecule has 0 bridgehead atoms. The molecule has 0 radical (unpaired) electrons. The molecule has 2 rings (SSSR count). The van der Waals surface area contributed by atoms with Crippen molar-refractivity contribution in [3.05, 3.63) is 44.6 Å². The highest BCUT2D eigenvalue weighted by Gasteiger charge is 2.15. The number of benzene rings is 1. The van der Waals surface area contributed by atoms with Gasteiger partial charge in [0.15, 0.2) is 0 Å². The SMILES string of the molecule is Cc1cc(N(Cc2cccs2)C(C)C)c(Br)cc1N. The minimum absolute atomic E-state index is 0.432. The van der Waals surface area contributed by atoms with E-state index in [1.54, 1.807) is 11.3 Å². The highest BCUT2D eigenvalue weighted by atomic mass is 79.9. The van der Waals surface area contributed by atoms with Crippen LogP contribution < -0.4 is 10.6 Å². The number of hydrogen-bond donors (Lipinski definition) is 1. The summed E-state index contributed by atoms with van der Waals surface area (Å²) in [5.74, 6) is 0. The Kier molecular flexibility index (Phi) is 4.53. The third kappa shape index (κ3) is 3.31. The van der Waals surface area contributed by atoms with Crippen LogP contribution in [0.4, 0.5) is 11.4 Å². The van der Waals surface area contributed by atoms with Crippen molar-refractivity contribution in [1.29, 1.82) is 0 Å². The quantitative estimate of drug-likeness (QED) is 0.810. The van der Waals surface area contributed by atoms with Gasteiger partial charge in [0, 0.05) is 21.1 Å². The Hall–Kier alpha value is -1.00. The van der Waals surface area contributed by atoms with Crippen molar-refractivity contribution in [3.63, 3.8) is 0 Å². The van der Waals surface area contributed by atoms with E-state index in [1.807, 2.05) is 6.07 Å². The number of nitrogen functional groups attached to an aromatic ring is 1. The van der Waals surface area contributed by atoms with Crippen molar-refractivity contribution in [3.8, 4) is 0 Å². The summed E-state index contributed by atoms with van der Waals surface area (Å²) in [5.41, 5.74) is 9.11. The van der Waals surface area contributed by atoms with E-state index in [9.17, 15) is 0 Å². The number of nitrogens with zero attached hydrogens (tertiary/aromatic N) is 1. The van der Waals surface area contributed by atoms with E-state index >= 15 is 0 Å². The molecule has 0 spiro atoms. The van der Waals surface area contributed by atoms with Crippen LogP contribution in [0.1, 0.15) is 24.3 Å². The predicted octanol–water partition coefficient (Wildman–Crippen LogP) is 4.82. The molecule has 0 aliphatic carbocycles. The molecule has 2 nitrogen and oxygen atoms in total. The Labute approximate surface area is 127 Å². The lowest BCUT2D eigenvalue weighted by atomic mass is 10.1. The Morgan fingerprint density at radius 2 is 2.11 bits per heavy atom. The van der Waals surface area contributed by atoms with Crippen LogP contribution >= 0.6 is 27.3 Å². The Morgan fingerprint density at radius 3 is 2.68 bits per heavy atom. The molecule has 0 atom stereocenters. The highest BCUT2D eigenvalue weighted by Crippen LogP contribution is 2.33. The van der Waals surface area contributed by atoms with Crippen LogP contribution in [-0.4, -0.2) is 6.04 Å². The minimum atomic E-state index is 0.432. The lowest BCUT2D eigenvalue weighted by Gasteiger charge is -2.30. The zero-order chi connectivity index (χ0) is 14.0. The Balaban J connectivity index is 2.36. The summed E-state index contributed by atoms with van der Waals surface area (Å²) >= 11 is 5.43. The van der Waals surface area contributed by atoms with E-state index < -0.39 is 0 Å². The van der Waals surface area contributed by atoms with Crippen molar-refractivity contribution >= 4 is 38.6 Å². The van der Waals surface area contributed by atoms with Crippen LogP contribution in [-0.2, 0) is 6.54 Å². The van der Waals surface area contributed by atoms with Gasteiger partial charge in [0.25, 0.3) is 0 Å². The van der Waals surface area contributed by atoms with Crippen molar-refractivity contribution in [1.82, 2.24) is 0 Å². The summed E-state index contributed by atoms with van der Waals surface area (Å²) in [5, 5.41) is 2.12. The summed E-state index contributed by atoms with van der Waals surface area (Å²) in [6, 6.07) is 8.86. The van der Waals surface area contributed by atoms with Gasteiger partial charge in [-0.15, -0.1) is 11.3 Å². The number of anilines is 2. The molecule has 0 saturated heterocycles. The van der Waals surface area contributed by atoms with E-state index in [-0.39, 0.29) is 0 Å². The molecule has 0 aliphatic heterocycles. The fraction of sp³-hybridized carbons (Fsp3) is 0.333. The monoisotopic (exact) mass is 338 g/mol. The van der Waals surface area contributed by atoms with E-state index in [0.717, 1.165) is 22.3 Å². The second-order valence-electron chi connectivity index (χ2n) is 4.96. The maximum Gasteiger partial charge on any atom is 0.0526 e. The lowest BCUT2D eigenvalue weighted by Crippen LogP contribution is -2.30. The summed E-state index contributed by atoms with van der Waals surface area (Å²) in [6.45, 7) is 7.41. The van der Waals surface area contributed by atoms with Gasteiger partial charge in [0.2, 0.25) is 0 Å². The first kappa shape index (κ1) is 14.4. The lowest BCUT2D eigenvalue weighted by molar-refractivity contribution is 0.685. The van der Waals surface area contributed by atoms with Gasteiger partial charge in [-0.1, -0.05) is 6.07 Å². The molecule has 0 amide bonds. The molecule has 102 valence electrons. The maximum absolute atomic E-state index is 5.96. The largest absolute Gasteiger partial charge is 0.398 e. The second-order valence-corrected chi connectivity index (χ2v) is 6.85. The highest BCUT2D eigenvalue weighted by molar-refractivity contribution is 9.10. The van der Waals surface area contributed by atoms with E-state index in [2.05, 4.69) is 65.2 Å². The van der Waals surface area contributed by atoms with E-state index in [0.29, 0.717) is 6.04 Å². The van der Waals surface area contributed by atoms with E-state index in [4.69, 9.17) is 5.73 Å². The molecular weight excluding hydrogens is 320 g/mol. The first-order valence-corrected chi connectivity index (χ1v) is 8.01. The zero-order valence-electron chi connectivity index (χ0n) is 11.5. The number of hydrogen-bond acceptors (Lipinski definition) is 3. The van der Waals surface area contributed by atoms with Gasteiger partial charge >= 0.3 is 0 Å². The third-order valence-corrected chi connectivity index (χ3v) is 4.67. The molecule has 1 heterocycles. The first-order valence-electron chi connectivity index (χ1n) is 6.33. The summed E-state index contributed by atoms with van der Waals surface area (Å²) in [4.78, 5) is 3.76. The number of aryl methyl sites for hydroxylation is 1. The van der Waals surface area contributed by atoms with Crippen LogP contribution in [0.25, 0.3) is 0 Å². The van der Waals surface area contributed by atoms with Gasteiger partial charge in [-0.25, -0.2) is 0 Å². The molecule has 19 heavy (non-hydrogen) atoms. The number of thiophene rings is 1. The fourth-order valence-corrected chi connectivity index (χ4v) is 3.31. The summed E-state index contributed by atoms with van der Waals surface area (Å²) in [7, 11) is 0. The maximum atomic E-state index is 5.96. The van der Waals surface area contributed by atoms with Gasteiger partial charge in [-0.3, -0.25) is 0 Å². The minimum Gasteiger partial charge on any atom is -0.398 e. The van der Waals surface area contributed by atoms with Gasteiger partial charge in [-0.05, 0) is 65.8 Å². The van der Waals surface area contributed by atoms with Gasteiger partial charge in [-0.2, -0.15) is 0 Å². The number of nitrogens with two attached hydrogens (primary N) is 1. The Bertz CT molecular complexity index is 550. The van der Waals surface area contributed by atoms with Gasteiger partial charge in [0.1, 0.15) is 0 Å². The van der Waals surface area contributed by atoms with Crippen molar-refractivity contribution in [2.24, 2.45) is 0 Å². The predicted molar refractivity (Wildman–Crippen MR) is 88.9 cm³/mol. The Morgan fingerprint density at radius 1 is 1.37 bits per heavy atom. The molecule has 0 aliphatic rings. The molecule has 0 fully saturated rings. The van der Waals surface area contributed by atoms with Crippen LogP contribution in [0.2, 0.25) is 0 Å².